The van der Waals surface area contributed by atoms with E-state index in [1.807, 2.05) is 31.3 Å². The molecule has 148 valence electrons. The molecule has 2 aromatic heterocycles. The molecule has 0 saturated heterocycles. The van der Waals surface area contributed by atoms with E-state index in [1.54, 1.807) is 17.9 Å². The summed E-state index contributed by atoms with van der Waals surface area (Å²) in [5.74, 6) is 0. The van der Waals surface area contributed by atoms with Gasteiger partial charge in [-0.1, -0.05) is 13.0 Å². The summed E-state index contributed by atoms with van der Waals surface area (Å²) < 4.78 is 1.56. The van der Waals surface area contributed by atoms with E-state index >= 15 is 0 Å². The van der Waals surface area contributed by atoms with Crippen molar-refractivity contribution < 1.29 is 0 Å². The van der Waals surface area contributed by atoms with Gasteiger partial charge in [-0.3, -0.25) is 9.69 Å². The summed E-state index contributed by atoms with van der Waals surface area (Å²) in [6.07, 6.45) is 8.38. The zero-order chi connectivity index (χ0) is 20.4. The Hall–Kier alpha value is -3.17. The third-order valence-corrected chi connectivity index (χ3v) is 5.78. The molecule has 0 fully saturated rings. The third-order valence-electron chi connectivity index (χ3n) is 5.78. The van der Waals surface area contributed by atoms with Crippen molar-refractivity contribution >= 4 is 16.5 Å². The number of hydrogen-bond acceptors (Lipinski definition) is 4. The smallest absolute Gasteiger partial charge is 0.256 e. The summed E-state index contributed by atoms with van der Waals surface area (Å²) in [4.78, 5) is 22.6. The maximum Gasteiger partial charge on any atom is 0.256 e. The van der Waals surface area contributed by atoms with Crippen molar-refractivity contribution in [1.82, 2.24) is 19.4 Å². The number of H-pyrrole nitrogens is 1. The molecule has 3 aromatic rings. The fourth-order valence-electron chi connectivity index (χ4n) is 4.06. The fourth-order valence-corrected chi connectivity index (χ4v) is 4.06. The fraction of sp³-hybridized carbons (Fsp3) is 0.348. The van der Waals surface area contributed by atoms with Gasteiger partial charge in [-0.2, -0.15) is 5.26 Å². The Kier molecular flexibility index (Phi) is 5.32. The molecule has 0 bridgehead atoms. The lowest BCUT2D eigenvalue weighted by atomic mass is 9.98. The van der Waals surface area contributed by atoms with Crippen LogP contribution >= 0.6 is 0 Å². The minimum Gasteiger partial charge on any atom is -0.361 e. The summed E-state index contributed by atoms with van der Waals surface area (Å²) in [5.41, 5.74) is 6.06. The lowest BCUT2D eigenvalue weighted by molar-refractivity contribution is 0.305. The second-order valence-electron chi connectivity index (χ2n) is 7.54. The van der Waals surface area contributed by atoms with Crippen molar-refractivity contribution in [3.63, 3.8) is 0 Å². The number of benzene rings is 1. The Morgan fingerprint density at radius 2 is 2.21 bits per heavy atom. The van der Waals surface area contributed by atoms with Crippen LogP contribution in [0.2, 0.25) is 0 Å². The van der Waals surface area contributed by atoms with E-state index in [4.69, 9.17) is 0 Å². The topological polar surface area (TPSA) is 77.7 Å². The van der Waals surface area contributed by atoms with Gasteiger partial charge in [0.1, 0.15) is 0 Å². The summed E-state index contributed by atoms with van der Waals surface area (Å²) in [5, 5.41) is 10.3. The highest BCUT2D eigenvalue weighted by atomic mass is 16.1. The lowest BCUT2D eigenvalue weighted by Gasteiger charge is -2.26. The van der Waals surface area contributed by atoms with E-state index in [0.717, 1.165) is 61.1 Å². The highest BCUT2D eigenvalue weighted by Crippen LogP contribution is 2.29. The number of aromatic amines is 1. The van der Waals surface area contributed by atoms with Gasteiger partial charge >= 0.3 is 0 Å². The summed E-state index contributed by atoms with van der Waals surface area (Å²) in [6.45, 7) is 4.71. The van der Waals surface area contributed by atoms with Gasteiger partial charge in [-0.05, 0) is 43.0 Å². The second kappa shape index (κ2) is 8.06. The predicted octanol–water partition coefficient (Wildman–Crippen LogP) is 3.03. The average molecular weight is 387 g/mol. The maximum atomic E-state index is 12.5. The summed E-state index contributed by atoms with van der Waals surface area (Å²) in [6, 6.07) is 7.98. The van der Waals surface area contributed by atoms with Gasteiger partial charge in [0, 0.05) is 54.9 Å². The third kappa shape index (κ3) is 3.74. The Balaban J connectivity index is 1.48. The number of aryl methyl sites for hydroxylation is 2. The molecule has 4 rings (SSSR count). The van der Waals surface area contributed by atoms with E-state index in [9.17, 15) is 10.1 Å². The van der Waals surface area contributed by atoms with Crippen LogP contribution in [0, 0.1) is 11.3 Å². The van der Waals surface area contributed by atoms with Crippen LogP contribution in [0.1, 0.15) is 35.7 Å². The quantitative estimate of drug-likeness (QED) is 0.730. The first-order valence-corrected chi connectivity index (χ1v) is 10.1. The van der Waals surface area contributed by atoms with E-state index in [2.05, 4.69) is 27.0 Å². The molecule has 1 N–H and O–H groups in total. The minimum absolute atomic E-state index is 0.0668. The van der Waals surface area contributed by atoms with Gasteiger partial charge in [0.25, 0.3) is 5.56 Å². The first-order valence-electron chi connectivity index (χ1n) is 10.1. The van der Waals surface area contributed by atoms with E-state index in [1.165, 1.54) is 11.1 Å². The van der Waals surface area contributed by atoms with E-state index in [-0.39, 0.29) is 5.56 Å². The van der Waals surface area contributed by atoms with Gasteiger partial charge in [-0.15, -0.1) is 0 Å². The van der Waals surface area contributed by atoms with Crippen molar-refractivity contribution in [1.29, 1.82) is 5.26 Å². The minimum atomic E-state index is 0.0668. The predicted molar refractivity (Wildman–Crippen MR) is 115 cm³/mol. The number of nitrogens with one attached hydrogen (secondary N) is 1. The maximum absolute atomic E-state index is 12.5. The van der Waals surface area contributed by atoms with Crippen LogP contribution < -0.4 is 5.56 Å². The van der Waals surface area contributed by atoms with E-state index in [0.29, 0.717) is 5.56 Å². The van der Waals surface area contributed by atoms with Crippen LogP contribution in [0.3, 0.4) is 0 Å². The lowest BCUT2D eigenvalue weighted by Crippen LogP contribution is -2.33. The monoisotopic (exact) mass is 387 g/mol. The molecule has 0 atom stereocenters. The Labute approximate surface area is 170 Å². The number of fused-ring (bicyclic) bond motifs is 1. The molecule has 0 saturated carbocycles. The first kappa shape index (κ1) is 19.2. The summed E-state index contributed by atoms with van der Waals surface area (Å²) in [7, 11) is 1.76. The van der Waals surface area contributed by atoms with Crippen molar-refractivity contribution in [3.05, 3.63) is 69.5 Å². The Bertz CT molecular complexity index is 1180. The van der Waals surface area contributed by atoms with Crippen LogP contribution in [0.5, 0.6) is 0 Å². The molecule has 1 aliphatic heterocycles. The largest absolute Gasteiger partial charge is 0.361 e. The first-order chi connectivity index (χ1) is 14.1. The Morgan fingerprint density at radius 1 is 1.34 bits per heavy atom. The van der Waals surface area contributed by atoms with Gasteiger partial charge in [0.2, 0.25) is 0 Å². The van der Waals surface area contributed by atoms with Gasteiger partial charge in [0.15, 0.2) is 0 Å². The second-order valence-corrected chi connectivity index (χ2v) is 7.54. The molecule has 1 aromatic carbocycles. The van der Waals surface area contributed by atoms with Crippen molar-refractivity contribution in [3.8, 4) is 6.07 Å². The number of aromatic nitrogens is 3. The van der Waals surface area contributed by atoms with Crippen LogP contribution in [-0.2, 0) is 19.9 Å². The van der Waals surface area contributed by atoms with E-state index < -0.39 is 0 Å². The van der Waals surface area contributed by atoms with Crippen LogP contribution in [0.25, 0.3) is 16.5 Å². The normalized spacial score (nSPS) is 14.7. The van der Waals surface area contributed by atoms with Crippen LogP contribution in [0.15, 0.2) is 41.6 Å². The molecular weight excluding hydrogens is 362 g/mol. The van der Waals surface area contributed by atoms with Gasteiger partial charge in [-0.25, -0.2) is 4.98 Å². The van der Waals surface area contributed by atoms with Crippen molar-refractivity contribution in [2.24, 2.45) is 7.05 Å². The number of nitrogens with zero attached hydrogens (tertiary/aromatic N) is 4. The van der Waals surface area contributed by atoms with Gasteiger partial charge < -0.3 is 9.55 Å². The molecule has 0 amide bonds. The average Bonchev–Trinajstić information content (AvgIpc) is 3.18. The SMILES string of the molecule is CCc1ncn(C)c(=O)c1CCN1CC=C(c2c[nH]c3ccc(C#N)cc23)CC1. The molecule has 1 aliphatic rings. The molecular formula is C23H25N5O. The van der Waals surface area contributed by atoms with Crippen molar-refractivity contribution in [2.45, 2.75) is 26.2 Å². The van der Waals surface area contributed by atoms with Gasteiger partial charge in [0.05, 0.1) is 23.7 Å². The molecule has 0 radical (unpaired) electrons. The molecule has 3 heterocycles. The highest BCUT2D eigenvalue weighted by molar-refractivity contribution is 5.93. The molecule has 29 heavy (non-hydrogen) atoms. The number of nitriles is 1. The standard InChI is InChI=1S/C23H25N5O/c1-3-21-18(23(29)27(2)15-26-21)8-11-28-9-6-17(7-10-28)20-14-25-22-5-4-16(13-24)12-19(20)22/h4-6,12,14-15,25H,3,7-11H2,1-2H3. The number of rotatable bonds is 5. The van der Waals surface area contributed by atoms with Crippen LogP contribution in [0.4, 0.5) is 0 Å². The highest BCUT2D eigenvalue weighted by Gasteiger charge is 2.17. The molecule has 6 heteroatoms. The summed E-state index contributed by atoms with van der Waals surface area (Å²) >= 11 is 0. The Morgan fingerprint density at radius 3 is 2.93 bits per heavy atom. The van der Waals surface area contributed by atoms with Crippen molar-refractivity contribution in [2.75, 3.05) is 19.6 Å². The zero-order valence-electron chi connectivity index (χ0n) is 16.9. The molecule has 0 spiro atoms. The molecule has 0 aliphatic carbocycles. The molecule has 0 unspecified atom stereocenters. The number of hydrogen-bond donors (Lipinski definition) is 1. The van der Waals surface area contributed by atoms with Crippen LogP contribution in [-0.4, -0.2) is 39.1 Å². The molecule has 6 nitrogen and oxygen atoms in total. The zero-order valence-corrected chi connectivity index (χ0v) is 16.9.